The SMILES string of the molecule is Cc1cccc2c1-c1c(C3CCCCC3)c3ccc(C(=O)O)cc3n1C=C(C(=O)C1CNCCO1)C2. The first-order valence-electron chi connectivity index (χ1n) is 13.1. The summed E-state index contributed by atoms with van der Waals surface area (Å²) in [6.07, 6.45) is 7.92. The van der Waals surface area contributed by atoms with Crippen molar-refractivity contribution in [3.8, 4) is 11.3 Å². The third-order valence-electron chi connectivity index (χ3n) is 8.10. The van der Waals surface area contributed by atoms with Crippen LogP contribution in [-0.4, -0.2) is 47.2 Å². The number of rotatable bonds is 4. The van der Waals surface area contributed by atoms with Crippen molar-refractivity contribution in [3.05, 3.63) is 64.2 Å². The van der Waals surface area contributed by atoms with E-state index in [1.54, 1.807) is 12.1 Å². The summed E-state index contributed by atoms with van der Waals surface area (Å²) in [5.41, 5.74) is 7.72. The number of carbonyl (C=O) groups excluding carboxylic acids is 1. The number of nitrogens with one attached hydrogen (secondary N) is 1. The van der Waals surface area contributed by atoms with Gasteiger partial charge in [0.1, 0.15) is 6.10 Å². The maximum absolute atomic E-state index is 13.7. The van der Waals surface area contributed by atoms with E-state index in [-0.39, 0.29) is 11.3 Å². The zero-order valence-electron chi connectivity index (χ0n) is 20.7. The number of carbonyl (C=O) groups is 2. The van der Waals surface area contributed by atoms with Gasteiger partial charge < -0.3 is 19.7 Å². The van der Waals surface area contributed by atoms with Crippen molar-refractivity contribution in [2.24, 2.45) is 0 Å². The van der Waals surface area contributed by atoms with Crippen molar-refractivity contribution in [1.82, 2.24) is 9.88 Å². The average molecular weight is 485 g/mol. The molecule has 6 rings (SSSR count). The summed E-state index contributed by atoms with van der Waals surface area (Å²) in [6.45, 7) is 3.91. The Morgan fingerprint density at radius 2 is 1.94 bits per heavy atom. The van der Waals surface area contributed by atoms with Crippen LogP contribution in [0.15, 0.2) is 42.0 Å². The van der Waals surface area contributed by atoms with Crippen LogP contribution in [0.25, 0.3) is 28.4 Å². The molecule has 0 radical (unpaired) electrons. The van der Waals surface area contributed by atoms with Gasteiger partial charge in [0, 0.05) is 42.2 Å². The minimum Gasteiger partial charge on any atom is -0.478 e. The van der Waals surface area contributed by atoms with Gasteiger partial charge in [-0.05, 0) is 54.5 Å². The Balaban J connectivity index is 1.65. The fourth-order valence-electron chi connectivity index (χ4n) is 6.38. The molecule has 0 amide bonds. The lowest BCUT2D eigenvalue weighted by atomic mass is 9.80. The summed E-state index contributed by atoms with van der Waals surface area (Å²) in [5.74, 6) is -0.533. The number of benzene rings is 2. The molecule has 1 aromatic heterocycles. The van der Waals surface area contributed by atoms with Crippen LogP contribution in [-0.2, 0) is 16.0 Å². The van der Waals surface area contributed by atoms with Crippen molar-refractivity contribution in [2.75, 3.05) is 19.7 Å². The molecule has 3 aromatic rings. The molecule has 0 bridgehead atoms. The number of ether oxygens (including phenoxy) is 1. The van der Waals surface area contributed by atoms with Crippen LogP contribution in [0.2, 0.25) is 0 Å². The number of carboxylic acids is 1. The highest BCUT2D eigenvalue weighted by Gasteiger charge is 2.32. The molecule has 2 aromatic carbocycles. The first-order chi connectivity index (χ1) is 17.5. The third-order valence-corrected chi connectivity index (χ3v) is 8.10. The summed E-state index contributed by atoms with van der Waals surface area (Å²) in [7, 11) is 0. The van der Waals surface area contributed by atoms with Crippen LogP contribution in [0.4, 0.5) is 0 Å². The lowest BCUT2D eigenvalue weighted by molar-refractivity contribution is -0.128. The number of morpholine rings is 1. The van der Waals surface area contributed by atoms with E-state index in [0.29, 0.717) is 31.1 Å². The third kappa shape index (κ3) is 3.89. The van der Waals surface area contributed by atoms with Gasteiger partial charge >= 0.3 is 5.97 Å². The number of aromatic nitrogens is 1. The summed E-state index contributed by atoms with van der Waals surface area (Å²) in [6, 6.07) is 11.8. The van der Waals surface area contributed by atoms with Crippen molar-refractivity contribution in [2.45, 2.75) is 57.5 Å². The van der Waals surface area contributed by atoms with Gasteiger partial charge in [0.05, 0.1) is 23.4 Å². The molecule has 3 aliphatic rings. The predicted octanol–water partition coefficient (Wildman–Crippen LogP) is 5.32. The Labute approximate surface area is 211 Å². The van der Waals surface area contributed by atoms with Gasteiger partial charge in [-0.15, -0.1) is 0 Å². The summed E-state index contributed by atoms with van der Waals surface area (Å²) >= 11 is 0. The number of hydrogen-bond donors (Lipinski definition) is 2. The Bertz CT molecular complexity index is 1390. The quantitative estimate of drug-likeness (QED) is 0.524. The number of carboxylic acid groups (broad SMARTS) is 1. The zero-order valence-corrected chi connectivity index (χ0v) is 20.7. The first kappa shape index (κ1) is 23.2. The second kappa shape index (κ2) is 9.34. The molecule has 1 atom stereocenters. The monoisotopic (exact) mass is 484 g/mol. The van der Waals surface area contributed by atoms with E-state index in [9.17, 15) is 14.7 Å². The molecular weight excluding hydrogens is 452 g/mol. The van der Waals surface area contributed by atoms with Crippen molar-refractivity contribution in [3.63, 3.8) is 0 Å². The van der Waals surface area contributed by atoms with Crippen LogP contribution in [0.5, 0.6) is 0 Å². The minimum atomic E-state index is -0.946. The van der Waals surface area contributed by atoms with Gasteiger partial charge in [-0.3, -0.25) is 4.79 Å². The Morgan fingerprint density at radius 3 is 2.69 bits per heavy atom. The number of aromatic carboxylic acids is 1. The van der Waals surface area contributed by atoms with Crippen LogP contribution < -0.4 is 5.32 Å². The van der Waals surface area contributed by atoms with Crippen LogP contribution >= 0.6 is 0 Å². The van der Waals surface area contributed by atoms with E-state index in [1.807, 2.05) is 12.3 Å². The van der Waals surface area contributed by atoms with Gasteiger partial charge in [-0.2, -0.15) is 0 Å². The molecule has 2 aliphatic heterocycles. The highest BCUT2D eigenvalue weighted by atomic mass is 16.5. The smallest absolute Gasteiger partial charge is 0.335 e. The van der Waals surface area contributed by atoms with Crippen LogP contribution in [0.3, 0.4) is 0 Å². The largest absolute Gasteiger partial charge is 0.478 e. The number of aryl methyl sites for hydroxylation is 1. The van der Waals surface area contributed by atoms with E-state index >= 15 is 0 Å². The van der Waals surface area contributed by atoms with E-state index in [2.05, 4.69) is 35.0 Å². The Hall–Kier alpha value is -3.22. The number of Topliss-reactive ketones (excluding diaryl/α,β-unsaturated/α-hetero) is 1. The number of fused-ring (bicyclic) bond motifs is 5. The second-order valence-electron chi connectivity index (χ2n) is 10.4. The van der Waals surface area contributed by atoms with Crippen LogP contribution in [0, 0.1) is 6.92 Å². The average Bonchev–Trinajstić information content (AvgIpc) is 3.10. The zero-order chi connectivity index (χ0) is 24.8. The highest BCUT2D eigenvalue weighted by Crippen LogP contribution is 2.47. The molecule has 6 nitrogen and oxygen atoms in total. The lowest BCUT2D eigenvalue weighted by Crippen LogP contribution is -2.43. The standard InChI is InChI=1S/C30H32N2O4/c1-18-6-5-9-20-14-22(29(33)25-16-31-12-13-36-25)17-32-24-15-21(30(34)35)10-11-23(24)27(28(32)26(18)20)19-7-3-2-4-8-19/h5-6,9-11,15,17,19,25,31H,2-4,7-8,12-14,16H2,1H3,(H,34,35). The summed E-state index contributed by atoms with van der Waals surface area (Å²) in [5, 5.41) is 14.1. The number of hydrogen-bond acceptors (Lipinski definition) is 4. The fraction of sp³-hybridized carbons (Fsp3) is 0.400. The molecule has 2 fully saturated rings. The van der Waals surface area contributed by atoms with Gasteiger partial charge in [0.25, 0.3) is 0 Å². The predicted molar refractivity (Wildman–Crippen MR) is 140 cm³/mol. The topological polar surface area (TPSA) is 80.6 Å². The molecule has 1 aliphatic carbocycles. The first-order valence-corrected chi connectivity index (χ1v) is 13.1. The van der Waals surface area contributed by atoms with Gasteiger partial charge in [0.15, 0.2) is 5.78 Å². The number of ketones is 1. The molecular formula is C30H32N2O4. The Morgan fingerprint density at radius 1 is 1.11 bits per heavy atom. The minimum absolute atomic E-state index is 0.00189. The van der Waals surface area contributed by atoms with Gasteiger partial charge in [0.2, 0.25) is 0 Å². The molecule has 2 N–H and O–H groups in total. The molecule has 3 heterocycles. The Kier molecular flexibility index (Phi) is 6.02. The fourth-order valence-corrected chi connectivity index (χ4v) is 6.38. The molecule has 1 saturated heterocycles. The van der Waals surface area contributed by atoms with E-state index < -0.39 is 12.1 Å². The van der Waals surface area contributed by atoms with E-state index in [0.717, 1.165) is 41.5 Å². The maximum atomic E-state index is 13.7. The van der Waals surface area contributed by atoms with Crippen LogP contribution in [0.1, 0.15) is 65.1 Å². The molecule has 0 spiro atoms. The lowest BCUT2D eigenvalue weighted by Gasteiger charge is -2.24. The van der Waals surface area contributed by atoms with Crippen molar-refractivity contribution >= 4 is 28.9 Å². The maximum Gasteiger partial charge on any atom is 0.335 e. The van der Waals surface area contributed by atoms with Gasteiger partial charge in [-0.1, -0.05) is 43.5 Å². The molecule has 1 saturated carbocycles. The molecule has 6 heteroatoms. The number of nitrogens with zero attached hydrogens (tertiary/aromatic N) is 1. The summed E-state index contributed by atoms with van der Waals surface area (Å²) < 4.78 is 7.95. The second-order valence-corrected chi connectivity index (χ2v) is 10.4. The molecule has 36 heavy (non-hydrogen) atoms. The summed E-state index contributed by atoms with van der Waals surface area (Å²) in [4.78, 5) is 25.6. The molecule has 1 unspecified atom stereocenters. The van der Waals surface area contributed by atoms with Crippen molar-refractivity contribution < 1.29 is 19.4 Å². The van der Waals surface area contributed by atoms with E-state index in [1.165, 1.54) is 36.0 Å². The normalized spacial score (nSPS) is 20.4. The van der Waals surface area contributed by atoms with Gasteiger partial charge in [-0.25, -0.2) is 4.79 Å². The van der Waals surface area contributed by atoms with E-state index in [4.69, 9.17) is 4.74 Å². The molecule has 186 valence electrons. The highest BCUT2D eigenvalue weighted by molar-refractivity contribution is 6.06. The van der Waals surface area contributed by atoms with Crippen molar-refractivity contribution in [1.29, 1.82) is 0 Å².